The third kappa shape index (κ3) is 2.16. The van der Waals surface area contributed by atoms with Gasteiger partial charge in [0.2, 0.25) is 0 Å². The molecule has 0 amide bonds. The molecule has 5 heteroatoms. The monoisotopic (exact) mass is 225 g/mol. The molecule has 0 aliphatic heterocycles. The number of nitrogens with zero attached hydrogens (tertiary/aromatic N) is 1. The number of benzene rings is 1. The molecule has 0 fully saturated rings. The highest BCUT2D eigenvalue weighted by molar-refractivity contribution is 5.93. The molecule has 0 saturated carbocycles. The van der Waals surface area contributed by atoms with Crippen molar-refractivity contribution in [2.45, 2.75) is 13.3 Å². The number of hydrogen-bond acceptors (Lipinski definition) is 3. The minimum Gasteiger partial charge on any atom is -0.465 e. The second-order valence-corrected chi connectivity index (χ2v) is 3.16. The van der Waals surface area contributed by atoms with E-state index in [2.05, 4.69) is 4.74 Å². The van der Waals surface area contributed by atoms with Crippen LogP contribution in [0.1, 0.15) is 33.5 Å². The zero-order valence-corrected chi connectivity index (χ0v) is 8.75. The van der Waals surface area contributed by atoms with Gasteiger partial charge in [0.15, 0.2) is 0 Å². The van der Waals surface area contributed by atoms with E-state index < -0.39 is 12.4 Å². The number of carbonyl (C=O) groups is 1. The van der Waals surface area contributed by atoms with E-state index in [0.29, 0.717) is 5.56 Å². The predicted molar refractivity (Wildman–Crippen MR) is 52.2 cm³/mol. The Morgan fingerprint density at radius 2 is 2.12 bits per heavy atom. The number of hydrogen-bond donors (Lipinski definition) is 0. The third-order valence-corrected chi connectivity index (χ3v) is 2.12. The Morgan fingerprint density at radius 1 is 1.50 bits per heavy atom. The number of aryl methyl sites for hydroxylation is 1. The molecule has 0 aromatic heterocycles. The average molecular weight is 225 g/mol. The predicted octanol–water partition coefficient (Wildman–Crippen LogP) is 2.59. The number of methoxy groups -OCH3 is 1. The number of esters is 1. The zero-order chi connectivity index (χ0) is 12.3. The van der Waals surface area contributed by atoms with Gasteiger partial charge in [-0.1, -0.05) is 0 Å². The Labute approximate surface area is 91.3 Å². The van der Waals surface area contributed by atoms with Crippen LogP contribution in [0.5, 0.6) is 0 Å². The van der Waals surface area contributed by atoms with Gasteiger partial charge >= 0.3 is 5.97 Å². The van der Waals surface area contributed by atoms with E-state index in [9.17, 15) is 13.6 Å². The van der Waals surface area contributed by atoms with E-state index in [0.717, 1.165) is 6.07 Å². The Morgan fingerprint density at radius 3 is 2.56 bits per heavy atom. The lowest BCUT2D eigenvalue weighted by atomic mass is 9.99. The number of rotatable bonds is 2. The molecule has 0 radical (unpaired) electrons. The molecule has 0 spiro atoms. The fourth-order valence-corrected chi connectivity index (χ4v) is 1.40. The first-order valence-corrected chi connectivity index (χ1v) is 4.42. The van der Waals surface area contributed by atoms with Crippen molar-refractivity contribution >= 4 is 5.97 Å². The van der Waals surface area contributed by atoms with Crippen LogP contribution in [0.15, 0.2) is 12.1 Å². The maximum absolute atomic E-state index is 12.5. The summed E-state index contributed by atoms with van der Waals surface area (Å²) in [6, 6.07) is 3.89. The standard InChI is InChI=1S/C11H9F2NO2/c1-6-3-7(10(12)13)4-8(5-14)9(6)11(15)16-2/h3-4,10H,1-2H3. The van der Waals surface area contributed by atoms with Crippen LogP contribution in [0.25, 0.3) is 0 Å². The molecule has 0 N–H and O–H groups in total. The first-order valence-electron chi connectivity index (χ1n) is 4.42. The maximum atomic E-state index is 12.5. The smallest absolute Gasteiger partial charge is 0.339 e. The highest BCUT2D eigenvalue weighted by Crippen LogP contribution is 2.25. The van der Waals surface area contributed by atoms with E-state index >= 15 is 0 Å². The SMILES string of the molecule is COC(=O)c1c(C)cc(C(F)F)cc1C#N. The number of alkyl halides is 2. The van der Waals surface area contributed by atoms with Crippen molar-refractivity contribution in [2.75, 3.05) is 7.11 Å². The fraction of sp³-hybridized carbons (Fsp3) is 0.273. The molecule has 0 heterocycles. The molecule has 1 aromatic carbocycles. The van der Waals surface area contributed by atoms with Gasteiger partial charge in [-0.2, -0.15) is 5.26 Å². The van der Waals surface area contributed by atoms with Crippen molar-refractivity contribution in [3.63, 3.8) is 0 Å². The summed E-state index contributed by atoms with van der Waals surface area (Å²) in [5.41, 5.74) is -0.0283. The van der Waals surface area contributed by atoms with Gasteiger partial charge in [0.05, 0.1) is 18.2 Å². The summed E-state index contributed by atoms with van der Waals surface area (Å²) >= 11 is 0. The number of ether oxygens (including phenoxy) is 1. The quantitative estimate of drug-likeness (QED) is 0.727. The fourth-order valence-electron chi connectivity index (χ4n) is 1.40. The highest BCUT2D eigenvalue weighted by atomic mass is 19.3. The summed E-state index contributed by atoms with van der Waals surface area (Å²) in [6.07, 6.45) is -2.67. The van der Waals surface area contributed by atoms with Crippen LogP contribution in [0.2, 0.25) is 0 Å². The highest BCUT2D eigenvalue weighted by Gasteiger charge is 2.18. The Bertz CT molecular complexity index is 464. The molecule has 0 aliphatic carbocycles. The molecule has 84 valence electrons. The van der Waals surface area contributed by atoms with Gasteiger partial charge in [-0.25, -0.2) is 13.6 Å². The lowest BCUT2D eigenvalue weighted by Crippen LogP contribution is -2.07. The molecular weight excluding hydrogens is 216 g/mol. The molecule has 0 saturated heterocycles. The molecule has 0 aliphatic rings. The third-order valence-electron chi connectivity index (χ3n) is 2.12. The summed E-state index contributed by atoms with van der Waals surface area (Å²) in [7, 11) is 1.17. The molecular formula is C11H9F2NO2. The van der Waals surface area contributed by atoms with Gasteiger partial charge in [-0.05, 0) is 24.6 Å². The van der Waals surface area contributed by atoms with E-state index in [-0.39, 0.29) is 16.7 Å². The number of halogens is 2. The van der Waals surface area contributed by atoms with Gasteiger partial charge < -0.3 is 4.74 Å². The summed E-state index contributed by atoms with van der Waals surface area (Å²) in [6.45, 7) is 1.49. The molecule has 1 rings (SSSR count). The van der Waals surface area contributed by atoms with Crippen molar-refractivity contribution < 1.29 is 18.3 Å². The molecule has 16 heavy (non-hydrogen) atoms. The number of nitriles is 1. The summed E-state index contributed by atoms with van der Waals surface area (Å²) in [5.74, 6) is -0.699. The van der Waals surface area contributed by atoms with Crippen molar-refractivity contribution in [1.82, 2.24) is 0 Å². The first kappa shape index (κ1) is 12.1. The lowest BCUT2D eigenvalue weighted by molar-refractivity contribution is 0.0599. The van der Waals surface area contributed by atoms with Crippen LogP contribution >= 0.6 is 0 Å². The van der Waals surface area contributed by atoms with Gasteiger partial charge in [-0.15, -0.1) is 0 Å². The Hall–Kier alpha value is -1.96. The lowest BCUT2D eigenvalue weighted by Gasteiger charge is -2.08. The molecule has 1 aromatic rings. The average Bonchev–Trinajstić information content (AvgIpc) is 2.26. The second kappa shape index (κ2) is 4.71. The second-order valence-electron chi connectivity index (χ2n) is 3.16. The molecule has 3 nitrogen and oxygen atoms in total. The van der Waals surface area contributed by atoms with E-state index in [1.54, 1.807) is 6.07 Å². The summed E-state index contributed by atoms with van der Waals surface area (Å²) in [4.78, 5) is 11.3. The molecule has 0 unspecified atom stereocenters. The van der Waals surface area contributed by atoms with Gasteiger partial charge in [-0.3, -0.25) is 0 Å². The zero-order valence-electron chi connectivity index (χ0n) is 8.75. The van der Waals surface area contributed by atoms with Crippen LogP contribution < -0.4 is 0 Å². The number of carbonyl (C=O) groups excluding carboxylic acids is 1. The van der Waals surface area contributed by atoms with Crippen LogP contribution in [0.3, 0.4) is 0 Å². The largest absolute Gasteiger partial charge is 0.465 e. The normalized spacial score (nSPS) is 10.0. The van der Waals surface area contributed by atoms with E-state index in [1.807, 2.05) is 0 Å². The van der Waals surface area contributed by atoms with E-state index in [1.165, 1.54) is 20.1 Å². The van der Waals surface area contributed by atoms with Crippen LogP contribution in [-0.2, 0) is 4.74 Å². The minimum absolute atomic E-state index is 0.0365. The Balaban J connectivity index is 3.42. The van der Waals surface area contributed by atoms with Gasteiger partial charge in [0, 0.05) is 5.56 Å². The summed E-state index contributed by atoms with van der Waals surface area (Å²) in [5, 5.41) is 8.79. The molecule has 0 atom stereocenters. The van der Waals surface area contributed by atoms with Crippen molar-refractivity contribution in [2.24, 2.45) is 0 Å². The van der Waals surface area contributed by atoms with E-state index in [4.69, 9.17) is 5.26 Å². The van der Waals surface area contributed by atoms with Gasteiger partial charge in [0.1, 0.15) is 6.07 Å². The van der Waals surface area contributed by atoms with Crippen molar-refractivity contribution in [1.29, 1.82) is 5.26 Å². The van der Waals surface area contributed by atoms with Crippen LogP contribution in [0.4, 0.5) is 8.78 Å². The Kier molecular flexibility index (Phi) is 3.56. The first-order chi connectivity index (χ1) is 7.51. The van der Waals surface area contributed by atoms with Crippen molar-refractivity contribution in [3.05, 3.63) is 34.4 Å². The van der Waals surface area contributed by atoms with Crippen LogP contribution in [-0.4, -0.2) is 13.1 Å². The maximum Gasteiger partial charge on any atom is 0.339 e. The van der Waals surface area contributed by atoms with Crippen LogP contribution in [0, 0.1) is 18.3 Å². The topological polar surface area (TPSA) is 50.1 Å². The minimum atomic E-state index is -2.67. The summed E-state index contributed by atoms with van der Waals surface area (Å²) < 4.78 is 29.4. The van der Waals surface area contributed by atoms with Crippen molar-refractivity contribution in [3.8, 4) is 6.07 Å². The molecule has 0 bridgehead atoms. The van der Waals surface area contributed by atoms with Gasteiger partial charge in [0.25, 0.3) is 6.43 Å².